The minimum atomic E-state index is -0.227. The summed E-state index contributed by atoms with van der Waals surface area (Å²) in [5.41, 5.74) is 6.28. The second-order valence-electron chi connectivity index (χ2n) is 3.61. The van der Waals surface area contributed by atoms with Crippen LogP contribution in [0.1, 0.15) is 6.42 Å². The number of hydrogen-bond donors (Lipinski definition) is 3. The van der Waals surface area contributed by atoms with Gasteiger partial charge in [0.2, 0.25) is 0 Å². The summed E-state index contributed by atoms with van der Waals surface area (Å²) in [6.45, 7) is 0. The third kappa shape index (κ3) is 2.84. The highest BCUT2D eigenvalue weighted by Crippen LogP contribution is 2.18. The van der Waals surface area contributed by atoms with Gasteiger partial charge in [0, 0.05) is 22.8 Å². The number of nitrogens with one attached hydrogen (secondary N) is 2. The molecule has 2 atom stereocenters. The highest BCUT2D eigenvalue weighted by molar-refractivity contribution is 6.30. The van der Waals surface area contributed by atoms with Crippen molar-refractivity contribution in [1.82, 2.24) is 5.32 Å². The number of urea groups is 1. The number of amides is 2. The summed E-state index contributed by atoms with van der Waals surface area (Å²) in [5, 5.41) is 6.10. The second kappa shape index (κ2) is 4.08. The first-order valence-corrected chi connectivity index (χ1v) is 5.11. The van der Waals surface area contributed by atoms with Crippen molar-refractivity contribution < 1.29 is 4.79 Å². The Balaban J connectivity index is 1.85. The van der Waals surface area contributed by atoms with E-state index in [4.69, 9.17) is 17.3 Å². The van der Waals surface area contributed by atoms with Crippen LogP contribution in [0.5, 0.6) is 0 Å². The highest BCUT2D eigenvalue weighted by atomic mass is 35.5. The zero-order valence-corrected chi connectivity index (χ0v) is 8.79. The Kier molecular flexibility index (Phi) is 2.79. The van der Waals surface area contributed by atoms with Crippen LogP contribution in [-0.4, -0.2) is 18.1 Å². The number of carbonyl (C=O) groups excluding carboxylic acids is 1. The van der Waals surface area contributed by atoms with Crippen LogP contribution in [0.4, 0.5) is 10.5 Å². The normalized spacial score (nSPS) is 23.3. The van der Waals surface area contributed by atoms with Gasteiger partial charge >= 0.3 is 6.03 Å². The summed E-state index contributed by atoms with van der Waals surface area (Å²) in [7, 11) is 0. The zero-order valence-electron chi connectivity index (χ0n) is 8.03. The maximum atomic E-state index is 11.4. The van der Waals surface area contributed by atoms with Gasteiger partial charge in [-0.25, -0.2) is 4.79 Å². The van der Waals surface area contributed by atoms with E-state index >= 15 is 0 Å². The molecule has 0 spiro atoms. The van der Waals surface area contributed by atoms with Gasteiger partial charge in [-0.1, -0.05) is 11.6 Å². The van der Waals surface area contributed by atoms with Gasteiger partial charge in [0.25, 0.3) is 0 Å². The Hall–Kier alpha value is -1.26. The zero-order chi connectivity index (χ0) is 10.8. The maximum Gasteiger partial charge on any atom is 0.319 e. The molecular weight excluding hydrogens is 214 g/mol. The molecule has 0 radical (unpaired) electrons. The van der Waals surface area contributed by atoms with Crippen LogP contribution in [-0.2, 0) is 0 Å². The number of halogens is 1. The third-order valence-corrected chi connectivity index (χ3v) is 2.51. The number of benzene rings is 1. The highest BCUT2D eigenvalue weighted by Gasteiger charge is 2.34. The standard InChI is InChI=1S/C10H12ClN3O/c11-6-1-3-7(4-2-6)13-10(15)14-9-5-8(9)12/h1-4,8-9H,5,12H2,(H2,13,14,15). The summed E-state index contributed by atoms with van der Waals surface area (Å²) in [4.78, 5) is 11.4. The molecule has 2 amide bonds. The first-order chi connectivity index (χ1) is 7.15. The van der Waals surface area contributed by atoms with Gasteiger partial charge in [0.05, 0.1) is 0 Å². The Morgan fingerprint density at radius 1 is 1.40 bits per heavy atom. The summed E-state index contributed by atoms with van der Waals surface area (Å²) in [6.07, 6.45) is 0.855. The molecule has 80 valence electrons. The van der Waals surface area contributed by atoms with Gasteiger partial charge in [-0.3, -0.25) is 0 Å². The summed E-state index contributed by atoms with van der Waals surface area (Å²) in [6, 6.07) is 6.94. The minimum absolute atomic E-state index is 0.112. The van der Waals surface area contributed by atoms with Crippen LogP contribution >= 0.6 is 11.6 Å². The van der Waals surface area contributed by atoms with E-state index in [9.17, 15) is 4.79 Å². The lowest BCUT2D eigenvalue weighted by Gasteiger charge is -2.06. The largest absolute Gasteiger partial charge is 0.334 e. The number of hydrogen-bond acceptors (Lipinski definition) is 2. The molecule has 2 rings (SSSR count). The fourth-order valence-corrected chi connectivity index (χ4v) is 1.38. The van der Waals surface area contributed by atoms with Crippen LogP contribution in [0.3, 0.4) is 0 Å². The second-order valence-corrected chi connectivity index (χ2v) is 4.05. The monoisotopic (exact) mass is 225 g/mol. The van der Waals surface area contributed by atoms with Gasteiger partial charge in [-0.05, 0) is 30.7 Å². The Labute approximate surface area is 92.8 Å². The molecule has 0 aliphatic heterocycles. The van der Waals surface area contributed by atoms with Crippen molar-refractivity contribution in [2.75, 3.05) is 5.32 Å². The van der Waals surface area contributed by atoms with E-state index in [1.54, 1.807) is 24.3 Å². The molecule has 1 aliphatic carbocycles. The Morgan fingerprint density at radius 3 is 2.53 bits per heavy atom. The topological polar surface area (TPSA) is 67.1 Å². The molecule has 4 nitrogen and oxygen atoms in total. The van der Waals surface area contributed by atoms with Crippen molar-refractivity contribution in [2.24, 2.45) is 5.73 Å². The van der Waals surface area contributed by atoms with E-state index < -0.39 is 0 Å². The number of anilines is 1. The van der Waals surface area contributed by atoms with Crippen LogP contribution in [0.25, 0.3) is 0 Å². The quantitative estimate of drug-likeness (QED) is 0.715. The summed E-state index contributed by atoms with van der Waals surface area (Å²) >= 11 is 5.72. The first-order valence-electron chi connectivity index (χ1n) is 4.74. The van der Waals surface area contributed by atoms with Gasteiger partial charge < -0.3 is 16.4 Å². The summed E-state index contributed by atoms with van der Waals surface area (Å²) < 4.78 is 0. The van der Waals surface area contributed by atoms with Gasteiger partial charge in [-0.2, -0.15) is 0 Å². The molecule has 1 aromatic carbocycles. The lowest BCUT2D eigenvalue weighted by Crippen LogP contribution is -2.33. The molecule has 0 aromatic heterocycles. The molecule has 5 heteroatoms. The molecule has 0 saturated heterocycles. The molecular formula is C10H12ClN3O. The van der Waals surface area contributed by atoms with Gasteiger partial charge in [-0.15, -0.1) is 0 Å². The van der Waals surface area contributed by atoms with Crippen molar-refractivity contribution in [2.45, 2.75) is 18.5 Å². The predicted octanol–water partition coefficient (Wildman–Crippen LogP) is 1.56. The summed E-state index contributed by atoms with van der Waals surface area (Å²) in [5.74, 6) is 0. The van der Waals surface area contributed by atoms with Crippen LogP contribution < -0.4 is 16.4 Å². The van der Waals surface area contributed by atoms with Crippen LogP contribution in [0, 0.1) is 0 Å². The van der Waals surface area contributed by atoms with E-state index in [2.05, 4.69) is 10.6 Å². The fraction of sp³-hybridized carbons (Fsp3) is 0.300. The lowest BCUT2D eigenvalue weighted by atomic mass is 10.3. The molecule has 2 unspecified atom stereocenters. The average molecular weight is 226 g/mol. The number of carbonyl (C=O) groups is 1. The van der Waals surface area contributed by atoms with E-state index in [0.29, 0.717) is 10.7 Å². The maximum absolute atomic E-state index is 11.4. The van der Waals surface area contributed by atoms with Crippen molar-refractivity contribution in [1.29, 1.82) is 0 Å². The Bertz CT molecular complexity index is 365. The Morgan fingerprint density at radius 2 is 2.00 bits per heavy atom. The fourth-order valence-electron chi connectivity index (χ4n) is 1.25. The molecule has 1 aromatic rings. The van der Waals surface area contributed by atoms with Crippen LogP contribution in [0.2, 0.25) is 5.02 Å². The van der Waals surface area contributed by atoms with Gasteiger partial charge in [0.1, 0.15) is 0 Å². The van der Waals surface area contributed by atoms with Crippen molar-refractivity contribution >= 4 is 23.3 Å². The van der Waals surface area contributed by atoms with Crippen molar-refractivity contribution in [3.8, 4) is 0 Å². The molecule has 4 N–H and O–H groups in total. The van der Waals surface area contributed by atoms with Crippen LogP contribution in [0.15, 0.2) is 24.3 Å². The van der Waals surface area contributed by atoms with Gasteiger partial charge in [0.15, 0.2) is 0 Å². The number of rotatable bonds is 2. The van der Waals surface area contributed by atoms with Crippen molar-refractivity contribution in [3.63, 3.8) is 0 Å². The third-order valence-electron chi connectivity index (χ3n) is 2.26. The SMILES string of the molecule is NC1CC1NC(=O)Nc1ccc(Cl)cc1. The number of nitrogens with two attached hydrogens (primary N) is 1. The average Bonchev–Trinajstić information content (AvgIpc) is 2.86. The molecule has 0 heterocycles. The predicted molar refractivity (Wildman–Crippen MR) is 60.0 cm³/mol. The first kappa shape index (κ1) is 10.3. The van der Waals surface area contributed by atoms with E-state index in [1.165, 1.54) is 0 Å². The minimum Gasteiger partial charge on any atom is -0.334 e. The van der Waals surface area contributed by atoms with Crippen molar-refractivity contribution in [3.05, 3.63) is 29.3 Å². The van der Waals surface area contributed by atoms with E-state index in [1.807, 2.05) is 0 Å². The molecule has 15 heavy (non-hydrogen) atoms. The van der Waals surface area contributed by atoms with E-state index in [-0.39, 0.29) is 18.1 Å². The van der Waals surface area contributed by atoms with E-state index in [0.717, 1.165) is 6.42 Å². The molecule has 1 saturated carbocycles. The molecule has 0 bridgehead atoms. The molecule has 1 fully saturated rings. The lowest BCUT2D eigenvalue weighted by molar-refractivity contribution is 0.251. The molecule has 1 aliphatic rings. The smallest absolute Gasteiger partial charge is 0.319 e.